The molecule has 3 rings (SSSR count). The first-order chi connectivity index (χ1) is 10.7. The van der Waals surface area contributed by atoms with Gasteiger partial charge in [0.2, 0.25) is 5.91 Å². The van der Waals surface area contributed by atoms with Crippen molar-refractivity contribution in [2.24, 2.45) is 5.92 Å². The highest BCUT2D eigenvalue weighted by Crippen LogP contribution is 2.23. The maximum absolute atomic E-state index is 12.2. The molecule has 0 radical (unpaired) electrons. The maximum atomic E-state index is 12.2. The maximum Gasteiger partial charge on any atom is 0.224 e. The highest BCUT2D eigenvalue weighted by molar-refractivity contribution is 5.79. The molecule has 1 aromatic heterocycles. The second-order valence-electron chi connectivity index (χ2n) is 6.23. The molecule has 0 unspecified atom stereocenters. The Morgan fingerprint density at radius 3 is 2.73 bits per heavy atom. The zero-order valence-electron chi connectivity index (χ0n) is 13.0. The van der Waals surface area contributed by atoms with Gasteiger partial charge in [0, 0.05) is 18.4 Å². The molecule has 1 saturated carbocycles. The lowest BCUT2D eigenvalue weighted by atomic mass is 9.86. The number of hydrogen-bond donors (Lipinski definition) is 1. The first-order valence-corrected chi connectivity index (χ1v) is 8.11. The van der Waals surface area contributed by atoms with Crippen LogP contribution in [0.15, 0.2) is 42.7 Å². The molecule has 0 aliphatic heterocycles. The van der Waals surface area contributed by atoms with Gasteiger partial charge in [-0.05, 0) is 42.5 Å². The molecule has 1 N–H and O–H groups in total. The quantitative estimate of drug-likeness (QED) is 0.942. The SMILES string of the molecule is C[C@@H]1CCCC[C@@H]1NC(=O)Cc1ccc(-n2cccn2)cc1. The summed E-state index contributed by atoms with van der Waals surface area (Å²) in [5.74, 6) is 0.727. The van der Waals surface area contributed by atoms with Crippen LogP contribution in [0.5, 0.6) is 0 Å². The zero-order valence-corrected chi connectivity index (χ0v) is 13.0. The minimum atomic E-state index is 0.130. The van der Waals surface area contributed by atoms with E-state index in [1.807, 2.05) is 41.2 Å². The van der Waals surface area contributed by atoms with Crippen molar-refractivity contribution in [3.8, 4) is 5.69 Å². The van der Waals surface area contributed by atoms with Crippen molar-refractivity contribution in [2.75, 3.05) is 0 Å². The van der Waals surface area contributed by atoms with Crippen molar-refractivity contribution in [2.45, 2.75) is 45.1 Å². The van der Waals surface area contributed by atoms with E-state index in [-0.39, 0.29) is 5.91 Å². The summed E-state index contributed by atoms with van der Waals surface area (Å²) in [5, 5.41) is 7.40. The van der Waals surface area contributed by atoms with Crippen molar-refractivity contribution in [1.29, 1.82) is 0 Å². The first-order valence-electron chi connectivity index (χ1n) is 8.11. The Kier molecular flexibility index (Phi) is 4.56. The van der Waals surface area contributed by atoms with E-state index in [1.54, 1.807) is 6.20 Å². The summed E-state index contributed by atoms with van der Waals surface area (Å²) in [6, 6.07) is 10.2. The normalized spacial score (nSPS) is 21.5. The molecule has 4 heteroatoms. The molecule has 2 atom stereocenters. The molecular formula is C18H23N3O. The monoisotopic (exact) mass is 297 g/mol. The Balaban J connectivity index is 1.57. The lowest BCUT2D eigenvalue weighted by Crippen LogP contribution is -2.41. The van der Waals surface area contributed by atoms with Crippen molar-refractivity contribution in [3.05, 3.63) is 48.3 Å². The van der Waals surface area contributed by atoms with Gasteiger partial charge in [-0.15, -0.1) is 0 Å². The average molecular weight is 297 g/mol. The number of benzene rings is 1. The van der Waals surface area contributed by atoms with Crippen LogP contribution in [0.1, 0.15) is 38.2 Å². The summed E-state index contributed by atoms with van der Waals surface area (Å²) < 4.78 is 1.81. The number of amides is 1. The minimum Gasteiger partial charge on any atom is -0.353 e. The predicted molar refractivity (Wildman–Crippen MR) is 86.8 cm³/mol. The molecule has 1 aromatic carbocycles. The molecule has 116 valence electrons. The van der Waals surface area contributed by atoms with E-state index < -0.39 is 0 Å². The second kappa shape index (κ2) is 6.77. The third-order valence-corrected chi connectivity index (χ3v) is 4.53. The lowest BCUT2D eigenvalue weighted by Gasteiger charge is -2.29. The molecule has 1 aliphatic rings. The van der Waals surface area contributed by atoms with Crippen LogP contribution in [-0.2, 0) is 11.2 Å². The topological polar surface area (TPSA) is 46.9 Å². The van der Waals surface area contributed by atoms with Crippen molar-refractivity contribution in [1.82, 2.24) is 15.1 Å². The smallest absolute Gasteiger partial charge is 0.224 e. The van der Waals surface area contributed by atoms with E-state index in [9.17, 15) is 4.79 Å². The Hall–Kier alpha value is -2.10. The average Bonchev–Trinajstić information content (AvgIpc) is 3.05. The highest BCUT2D eigenvalue weighted by Gasteiger charge is 2.22. The van der Waals surface area contributed by atoms with Gasteiger partial charge in [0.25, 0.3) is 0 Å². The Bertz CT molecular complexity index is 604. The van der Waals surface area contributed by atoms with Gasteiger partial charge in [-0.3, -0.25) is 4.79 Å². The Morgan fingerprint density at radius 1 is 1.27 bits per heavy atom. The van der Waals surface area contributed by atoms with Gasteiger partial charge < -0.3 is 5.32 Å². The van der Waals surface area contributed by atoms with Gasteiger partial charge in [0.1, 0.15) is 0 Å². The third-order valence-electron chi connectivity index (χ3n) is 4.53. The van der Waals surface area contributed by atoms with Crippen LogP contribution in [0.2, 0.25) is 0 Å². The van der Waals surface area contributed by atoms with Gasteiger partial charge in [-0.1, -0.05) is 31.9 Å². The standard InChI is InChI=1S/C18H23N3O/c1-14-5-2-3-6-17(14)20-18(22)13-15-7-9-16(10-8-15)21-12-4-11-19-21/h4,7-12,14,17H,2-3,5-6,13H2,1H3,(H,20,22)/t14-,17+/m1/s1. The van der Waals surface area contributed by atoms with E-state index in [0.29, 0.717) is 18.4 Å². The fourth-order valence-electron chi connectivity index (χ4n) is 3.16. The Morgan fingerprint density at radius 2 is 2.05 bits per heavy atom. The van der Waals surface area contributed by atoms with Gasteiger partial charge in [0.15, 0.2) is 0 Å². The van der Waals surface area contributed by atoms with E-state index in [2.05, 4.69) is 17.3 Å². The molecule has 1 fully saturated rings. The van der Waals surface area contributed by atoms with E-state index in [0.717, 1.165) is 17.7 Å². The fourth-order valence-corrected chi connectivity index (χ4v) is 3.16. The number of hydrogen-bond acceptors (Lipinski definition) is 2. The van der Waals surface area contributed by atoms with E-state index in [4.69, 9.17) is 0 Å². The minimum absolute atomic E-state index is 0.130. The molecule has 0 spiro atoms. The molecule has 4 nitrogen and oxygen atoms in total. The van der Waals surface area contributed by atoms with Crippen LogP contribution < -0.4 is 5.32 Å². The number of carbonyl (C=O) groups excluding carboxylic acids is 1. The van der Waals surface area contributed by atoms with Gasteiger partial charge in [-0.25, -0.2) is 4.68 Å². The largest absolute Gasteiger partial charge is 0.353 e. The first kappa shape index (κ1) is 14.8. The van der Waals surface area contributed by atoms with Gasteiger partial charge in [-0.2, -0.15) is 5.10 Å². The van der Waals surface area contributed by atoms with Crippen LogP contribution in [-0.4, -0.2) is 21.7 Å². The summed E-state index contributed by atoms with van der Waals surface area (Å²) in [5.41, 5.74) is 2.05. The van der Waals surface area contributed by atoms with Crippen LogP contribution in [0.3, 0.4) is 0 Å². The number of nitrogens with zero attached hydrogens (tertiary/aromatic N) is 2. The molecule has 22 heavy (non-hydrogen) atoms. The second-order valence-corrected chi connectivity index (χ2v) is 6.23. The van der Waals surface area contributed by atoms with Crippen molar-refractivity contribution < 1.29 is 4.79 Å². The number of carbonyl (C=O) groups is 1. The van der Waals surface area contributed by atoms with Crippen molar-refractivity contribution >= 4 is 5.91 Å². The summed E-state index contributed by atoms with van der Waals surface area (Å²) in [6.07, 6.45) is 8.98. The summed E-state index contributed by atoms with van der Waals surface area (Å²) in [6.45, 7) is 2.24. The fraction of sp³-hybridized carbons (Fsp3) is 0.444. The predicted octanol–water partition coefficient (Wildman–Crippen LogP) is 3.11. The molecule has 1 heterocycles. The zero-order chi connectivity index (χ0) is 15.4. The third kappa shape index (κ3) is 3.56. The van der Waals surface area contributed by atoms with Crippen LogP contribution >= 0.6 is 0 Å². The van der Waals surface area contributed by atoms with Crippen LogP contribution in [0, 0.1) is 5.92 Å². The van der Waals surface area contributed by atoms with E-state index in [1.165, 1.54) is 19.3 Å². The number of rotatable bonds is 4. The van der Waals surface area contributed by atoms with Crippen LogP contribution in [0.4, 0.5) is 0 Å². The van der Waals surface area contributed by atoms with Gasteiger partial charge in [0.05, 0.1) is 12.1 Å². The molecular weight excluding hydrogens is 274 g/mol. The number of aromatic nitrogens is 2. The summed E-state index contributed by atoms with van der Waals surface area (Å²) in [7, 11) is 0. The molecule has 2 aromatic rings. The highest BCUT2D eigenvalue weighted by atomic mass is 16.1. The van der Waals surface area contributed by atoms with E-state index >= 15 is 0 Å². The molecule has 0 bridgehead atoms. The molecule has 0 saturated heterocycles. The number of nitrogens with one attached hydrogen (secondary N) is 1. The van der Waals surface area contributed by atoms with Crippen LogP contribution in [0.25, 0.3) is 5.69 Å². The van der Waals surface area contributed by atoms with Crippen molar-refractivity contribution in [3.63, 3.8) is 0 Å². The van der Waals surface area contributed by atoms with Gasteiger partial charge >= 0.3 is 0 Å². The summed E-state index contributed by atoms with van der Waals surface area (Å²) >= 11 is 0. The lowest BCUT2D eigenvalue weighted by molar-refractivity contribution is -0.121. The molecule has 1 aliphatic carbocycles. The summed E-state index contributed by atoms with van der Waals surface area (Å²) in [4.78, 5) is 12.2. The Labute approximate surface area is 131 Å². The molecule has 1 amide bonds.